The van der Waals surface area contributed by atoms with E-state index in [1.54, 1.807) is 23.1 Å². The van der Waals surface area contributed by atoms with E-state index in [1.165, 1.54) is 6.42 Å². The Labute approximate surface area is 149 Å². The zero-order chi connectivity index (χ0) is 16.5. The zero-order valence-corrected chi connectivity index (χ0v) is 15.3. The van der Waals surface area contributed by atoms with Gasteiger partial charge < -0.3 is 5.32 Å². The Balaban J connectivity index is 1.74. The van der Waals surface area contributed by atoms with Crippen LogP contribution >= 0.6 is 23.1 Å². The van der Waals surface area contributed by atoms with Crippen LogP contribution in [-0.2, 0) is 4.79 Å². The molecule has 0 aromatic carbocycles. The molecule has 1 N–H and O–H groups in total. The van der Waals surface area contributed by atoms with E-state index in [-0.39, 0.29) is 11.8 Å². The van der Waals surface area contributed by atoms with E-state index >= 15 is 0 Å². The molecule has 0 saturated carbocycles. The molecule has 1 atom stereocenters. The molecule has 1 aliphatic carbocycles. The number of nitrogens with one attached hydrogen (secondary N) is 1. The standard InChI is InChI=1S/C17H20N4OS2/c1-2-3-9-24-17-19-16-18-11-6-4-7-12(22)14(11)15(21(16)20-17)13-8-5-10-23-13/h5,8,10,15H,2-4,6-7,9H2,1H3,(H,18,19,20). The maximum atomic E-state index is 12.6. The maximum absolute atomic E-state index is 12.6. The number of thiophene rings is 1. The highest BCUT2D eigenvalue weighted by Gasteiger charge is 2.37. The number of anilines is 1. The van der Waals surface area contributed by atoms with E-state index < -0.39 is 0 Å². The van der Waals surface area contributed by atoms with Crippen molar-refractivity contribution in [3.05, 3.63) is 33.7 Å². The van der Waals surface area contributed by atoms with Gasteiger partial charge >= 0.3 is 0 Å². The lowest BCUT2D eigenvalue weighted by atomic mass is 9.88. The first-order valence-corrected chi connectivity index (χ1v) is 10.3. The first-order chi connectivity index (χ1) is 11.8. The molecule has 7 heteroatoms. The summed E-state index contributed by atoms with van der Waals surface area (Å²) in [5.41, 5.74) is 1.92. The lowest BCUT2D eigenvalue weighted by Crippen LogP contribution is -2.31. The van der Waals surface area contributed by atoms with Gasteiger partial charge in [0, 0.05) is 28.3 Å². The van der Waals surface area contributed by atoms with Crippen LogP contribution in [0.15, 0.2) is 33.9 Å². The predicted molar refractivity (Wildman–Crippen MR) is 97.6 cm³/mol. The Bertz CT molecular complexity index is 779. The van der Waals surface area contributed by atoms with Gasteiger partial charge in [-0.05, 0) is 30.7 Å². The van der Waals surface area contributed by atoms with E-state index in [9.17, 15) is 4.79 Å². The van der Waals surface area contributed by atoms with Gasteiger partial charge in [-0.25, -0.2) is 4.68 Å². The van der Waals surface area contributed by atoms with Crippen molar-refractivity contribution in [2.75, 3.05) is 11.1 Å². The summed E-state index contributed by atoms with van der Waals surface area (Å²) in [6, 6.07) is 3.99. The first kappa shape index (κ1) is 15.9. The molecule has 0 bridgehead atoms. The second-order valence-electron chi connectivity index (χ2n) is 6.08. The molecule has 24 heavy (non-hydrogen) atoms. The lowest BCUT2D eigenvalue weighted by molar-refractivity contribution is -0.116. The second-order valence-corrected chi connectivity index (χ2v) is 8.12. The summed E-state index contributed by atoms with van der Waals surface area (Å²) in [7, 11) is 0. The van der Waals surface area contributed by atoms with E-state index in [0.717, 1.165) is 52.3 Å². The van der Waals surface area contributed by atoms with E-state index in [1.807, 2.05) is 10.7 Å². The second kappa shape index (κ2) is 6.72. The van der Waals surface area contributed by atoms with Gasteiger partial charge in [-0.3, -0.25) is 4.79 Å². The summed E-state index contributed by atoms with van der Waals surface area (Å²) < 4.78 is 1.90. The fraction of sp³-hybridized carbons (Fsp3) is 0.471. The van der Waals surface area contributed by atoms with Crippen molar-refractivity contribution in [3.8, 4) is 0 Å². The highest BCUT2D eigenvalue weighted by atomic mass is 32.2. The van der Waals surface area contributed by atoms with Crippen molar-refractivity contribution in [2.24, 2.45) is 0 Å². The van der Waals surface area contributed by atoms with Crippen LogP contribution in [0.5, 0.6) is 0 Å². The first-order valence-electron chi connectivity index (χ1n) is 8.44. The molecule has 0 fully saturated rings. The summed E-state index contributed by atoms with van der Waals surface area (Å²) in [5, 5.41) is 10.9. The van der Waals surface area contributed by atoms with Crippen LogP contribution < -0.4 is 5.32 Å². The van der Waals surface area contributed by atoms with Crippen LogP contribution in [0.25, 0.3) is 0 Å². The molecule has 2 aromatic rings. The Kier molecular flexibility index (Phi) is 4.45. The molecule has 0 spiro atoms. The number of thioether (sulfide) groups is 1. The molecule has 0 radical (unpaired) electrons. The third-order valence-corrected chi connectivity index (χ3v) is 6.24. The number of nitrogens with zero attached hydrogens (tertiary/aromatic N) is 3. The average molecular weight is 361 g/mol. The third-order valence-electron chi connectivity index (χ3n) is 4.39. The number of fused-ring (bicyclic) bond motifs is 1. The average Bonchev–Trinajstić information content (AvgIpc) is 3.22. The van der Waals surface area contributed by atoms with Gasteiger partial charge in [0.25, 0.3) is 0 Å². The van der Waals surface area contributed by atoms with Gasteiger partial charge in [0.15, 0.2) is 5.78 Å². The number of carbonyl (C=O) groups is 1. The number of unbranched alkanes of at least 4 members (excludes halogenated alkanes) is 1. The van der Waals surface area contributed by atoms with Crippen LogP contribution in [0.1, 0.15) is 49.9 Å². The van der Waals surface area contributed by atoms with E-state index in [2.05, 4.69) is 28.7 Å². The third kappa shape index (κ3) is 2.80. The normalized spacial score (nSPS) is 19.9. The number of carbonyl (C=O) groups excluding carboxylic acids is 1. The fourth-order valence-electron chi connectivity index (χ4n) is 3.22. The van der Waals surface area contributed by atoms with E-state index in [0.29, 0.717) is 6.42 Å². The summed E-state index contributed by atoms with van der Waals surface area (Å²) in [4.78, 5) is 18.4. The molecule has 2 aromatic heterocycles. The molecule has 5 nitrogen and oxygen atoms in total. The van der Waals surface area contributed by atoms with E-state index in [4.69, 9.17) is 5.10 Å². The zero-order valence-electron chi connectivity index (χ0n) is 13.6. The number of Topliss-reactive ketones (excluding diaryl/α,β-unsaturated/α-hetero) is 1. The minimum atomic E-state index is -0.128. The number of allylic oxidation sites excluding steroid dienone is 2. The molecule has 1 unspecified atom stereocenters. The Morgan fingerprint density at radius 3 is 3.17 bits per heavy atom. The number of rotatable bonds is 5. The number of hydrogen-bond acceptors (Lipinski definition) is 6. The van der Waals surface area contributed by atoms with Crippen LogP contribution in [0.3, 0.4) is 0 Å². The lowest BCUT2D eigenvalue weighted by Gasteiger charge is -2.31. The summed E-state index contributed by atoms with van der Waals surface area (Å²) >= 11 is 3.36. The van der Waals surface area contributed by atoms with Crippen molar-refractivity contribution in [2.45, 2.75) is 50.2 Å². The smallest absolute Gasteiger partial charge is 0.227 e. The topological polar surface area (TPSA) is 59.8 Å². The quantitative estimate of drug-likeness (QED) is 0.638. The molecular formula is C17H20N4OS2. The summed E-state index contributed by atoms with van der Waals surface area (Å²) in [5.74, 6) is 2.03. The number of aromatic nitrogens is 3. The number of hydrogen-bond donors (Lipinski definition) is 1. The Morgan fingerprint density at radius 1 is 1.46 bits per heavy atom. The highest BCUT2D eigenvalue weighted by Crippen LogP contribution is 2.41. The van der Waals surface area contributed by atoms with Crippen LogP contribution in [-0.4, -0.2) is 26.3 Å². The molecule has 2 aliphatic rings. The highest BCUT2D eigenvalue weighted by molar-refractivity contribution is 7.99. The molecule has 4 rings (SSSR count). The van der Waals surface area contributed by atoms with Gasteiger partial charge in [0.2, 0.25) is 11.1 Å². The van der Waals surface area contributed by atoms with Crippen LogP contribution in [0.4, 0.5) is 5.95 Å². The monoisotopic (exact) mass is 360 g/mol. The van der Waals surface area contributed by atoms with Crippen molar-refractivity contribution >= 4 is 34.8 Å². The molecule has 126 valence electrons. The Morgan fingerprint density at radius 2 is 2.38 bits per heavy atom. The Hall–Kier alpha value is -1.60. The summed E-state index contributed by atoms with van der Waals surface area (Å²) in [6.45, 7) is 2.18. The van der Waals surface area contributed by atoms with Gasteiger partial charge in [0.1, 0.15) is 6.04 Å². The van der Waals surface area contributed by atoms with Gasteiger partial charge in [-0.1, -0.05) is 31.2 Å². The summed E-state index contributed by atoms with van der Waals surface area (Å²) in [6.07, 6.45) is 4.78. The van der Waals surface area contributed by atoms with Gasteiger partial charge in [0.05, 0.1) is 0 Å². The number of ketones is 1. The van der Waals surface area contributed by atoms with Crippen LogP contribution in [0.2, 0.25) is 0 Å². The van der Waals surface area contributed by atoms with Crippen molar-refractivity contribution < 1.29 is 4.79 Å². The van der Waals surface area contributed by atoms with Crippen LogP contribution in [0, 0.1) is 0 Å². The molecule has 3 heterocycles. The minimum absolute atomic E-state index is 0.128. The van der Waals surface area contributed by atoms with Gasteiger partial charge in [-0.2, -0.15) is 4.98 Å². The van der Waals surface area contributed by atoms with Gasteiger partial charge in [-0.15, -0.1) is 16.4 Å². The SMILES string of the molecule is CCCCSc1nc2n(n1)C(c1cccs1)C1=C(CCCC1=O)N2. The molecule has 0 amide bonds. The molecule has 0 saturated heterocycles. The predicted octanol–water partition coefficient (Wildman–Crippen LogP) is 4.25. The molecular weight excluding hydrogens is 340 g/mol. The maximum Gasteiger partial charge on any atom is 0.227 e. The minimum Gasteiger partial charge on any atom is -0.328 e. The fourth-order valence-corrected chi connectivity index (χ4v) is 4.95. The largest absolute Gasteiger partial charge is 0.328 e. The van der Waals surface area contributed by atoms with Crippen molar-refractivity contribution in [3.63, 3.8) is 0 Å². The van der Waals surface area contributed by atoms with Crippen molar-refractivity contribution in [1.29, 1.82) is 0 Å². The van der Waals surface area contributed by atoms with Crippen molar-refractivity contribution in [1.82, 2.24) is 14.8 Å². The molecule has 1 aliphatic heterocycles.